The molecule has 0 unspecified atom stereocenters. The largest absolute Gasteiger partial charge is 0.337 e. The number of benzene rings is 1. The summed E-state index contributed by atoms with van der Waals surface area (Å²) in [6.07, 6.45) is 4.41. The lowest BCUT2D eigenvalue weighted by molar-refractivity contribution is 0.0755. The number of fused-ring (bicyclic) bond motifs is 1. The predicted octanol–water partition coefficient (Wildman–Crippen LogP) is 2.99. The number of rotatable bonds is 2. The van der Waals surface area contributed by atoms with Crippen LogP contribution in [0.2, 0.25) is 0 Å². The molecular weight excluding hydrogens is 290 g/mol. The van der Waals surface area contributed by atoms with Crippen molar-refractivity contribution in [3.63, 3.8) is 0 Å². The third kappa shape index (κ3) is 3.00. The maximum atomic E-state index is 13.0. The first-order valence-corrected chi connectivity index (χ1v) is 8.40. The van der Waals surface area contributed by atoms with E-state index in [1.54, 1.807) is 6.07 Å². The molecule has 0 bridgehead atoms. The third-order valence-corrected chi connectivity index (χ3v) is 4.41. The number of nitrogens with zero attached hydrogens (tertiary/aromatic N) is 3. The number of amides is 1. The minimum absolute atomic E-state index is 0.0579. The number of carbonyl (C=O) groups is 1. The van der Waals surface area contributed by atoms with Crippen molar-refractivity contribution in [1.82, 2.24) is 14.7 Å². The summed E-state index contributed by atoms with van der Waals surface area (Å²) >= 11 is 0. The highest BCUT2D eigenvalue weighted by atomic mass is 16.2. The lowest BCUT2D eigenvalue weighted by Gasteiger charge is -2.21. The van der Waals surface area contributed by atoms with Crippen LogP contribution < -0.4 is 5.56 Å². The Morgan fingerprint density at radius 1 is 1.04 bits per heavy atom. The molecule has 1 fully saturated rings. The van der Waals surface area contributed by atoms with Crippen LogP contribution in [0, 0.1) is 0 Å². The fourth-order valence-corrected chi connectivity index (χ4v) is 3.14. The molecule has 0 atom stereocenters. The van der Waals surface area contributed by atoms with Crippen molar-refractivity contribution < 1.29 is 4.79 Å². The normalized spacial score (nSPS) is 15.9. The second-order valence-electron chi connectivity index (χ2n) is 6.44. The topological polar surface area (TPSA) is 55.2 Å². The fraction of sp³-hybridized carbons (Fsp3) is 0.500. The van der Waals surface area contributed by atoms with Crippen LogP contribution in [0.5, 0.6) is 0 Å². The van der Waals surface area contributed by atoms with Crippen LogP contribution >= 0.6 is 0 Å². The molecule has 5 nitrogen and oxygen atoms in total. The number of hydrogen-bond acceptors (Lipinski definition) is 3. The van der Waals surface area contributed by atoms with E-state index in [0.717, 1.165) is 25.9 Å². The van der Waals surface area contributed by atoms with Gasteiger partial charge >= 0.3 is 0 Å². The van der Waals surface area contributed by atoms with E-state index in [2.05, 4.69) is 5.10 Å². The lowest BCUT2D eigenvalue weighted by Crippen LogP contribution is -2.35. The van der Waals surface area contributed by atoms with Crippen LogP contribution in [0.3, 0.4) is 0 Å². The van der Waals surface area contributed by atoms with Crippen molar-refractivity contribution in [3.8, 4) is 0 Å². The Hall–Kier alpha value is -2.17. The molecule has 122 valence electrons. The van der Waals surface area contributed by atoms with Crippen molar-refractivity contribution in [2.75, 3.05) is 13.1 Å². The van der Waals surface area contributed by atoms with Gasteiger partial charge in [-0.15, -0.1) is 0 Å². The number of likely N-dealkylation sites (tertiary alicyclic amines) is 1. The smallest absolute Gasteiger partial charge is 0.274 e. The summed E-state index contributed by atoms with van der Waals surface area (Å²) in [6.45, 7) is 5.36. The molecule has 1 amide bonds. The van der Waals surface area contributed by atoms with Crippen LogP contribution in [0.4, 0.5) is 0 Å². The second kappa shape index (κ2) is 6.52. The van der Waals surface area contributed by atoms with Gasteiger partial charge in [0.1, 0.15) is 0 Å². The van der Waals surface area contributed by atoms with E-state index in [1.165, 1.54) is 17.5 Å². The van der Waals surface area contributed by atoms with Crippen LogP contribution in [0.15, 0.2) is 29.1 Å². The Morgan fingerprint density at radius 3 is 2.26 bits per heavy atom. The number of aromatic nitrogens is 2. The highest BCUT2D eigenvalue weighted by Crippen LogP contribution is 2.18. The molecule has 2 aromatic rings. The molecule has 2 heterocycles. The zero-order valence-corrected chi connectivity index (χ0v) is 13.8. The molecule has 1 aromatic heterocycles. The summed E-state index contributed by atoms with van der Waals surface area (Å²) in [4.78, 5) is 27.4. The van der Waals surface area contributed by atoms with E-state index in [-0.39, 0.29) is 17.5 Å². The van der Waals surface area contributed by atoms with Gasteiger partial charge in [-0.3, -0.25) is 9.59 Å². The maximum Gasteiger partial charge on any atom is 0.274 e. The summed E-state index contributed by atoms with van der Waals surface area (Å²) in [7, 11) is 0. The lowest BCUT2D eigenvalue weighted by atomic mass is 10.1. The zero-order chi connectivity index (χ0) is 16.4. The Bertz CT molecular complexity index is 771. The van der Waals surface area contributed by atoms with Gasteiger partial charge in [0.25, 0.3) is 11.5 Å². The van der Waals surface area contributed by atoms with Crippen molar-refractivity contribution in [3.05, 3.63) is 40.3 Å². The molecule has 5 heteroatoms. The second-order valence-corrected chi connectivity index (χ2v) is 6.44. The van der Waals surface area contributed by atoms with Crippen LogP contribution in [0.1, 0.15) is 56.1 Å². The molecule has 1 saturated heterocycles. The number of hydrogen-bond donors (Lipinski definition) is 0. The van der Waals surface area contributed by atoms with Gasteiger partial charge in [0, 0.05) is 18.5 Å². The molecule has 1 aliphatic rings. The van der Waals surface area contributed by atoms with E-state index in [0.29, 0.717) is 16.5 Å². The van der Waals surface area contributed by atoms with Crippen molar-refractivity contribution in [2.24, 2.45) is 0 Å². The fourth-order valence-electron chi connectivity index (χ4n) is 3.14. The van der Waals surface area contributed by atoms with Crippen LogP contribution in [0.25, 0.3) is 10.8 Å². The minimum atomic E-state index is -0.136. The summed E-state index contributed by atoms with van der Waals surface area (Å²) in [5.74, 6) is -0.0579. The maximum absolute atomic E-state index is 13.0. The molecule has 1 aliphatic heterocycles. The quantitative estimate of drug-likeness (QED) is 0.856. The van der Waals surface area contributed by atoms with Crippen LogP contribution in [-0.4, -0.2) is 33.7 Å². The van der Waals surface area contributed by atoms with Gasteiger partial charge in [-0.1, -0.05) is 31.0 Å². The highest BCUT2D eigenvalue weighted by Gasteiger charge is 2.23. The Balaban J connectivity index is 2.14. The van der Waals surface area contributed by atoms with Gasteiger partial charge in [-0.2, -0.15) is 5.10 Å². The van der Waals surface area contributed by atoms with E-state index >= 15 is 0 Å². The molecular formula is C18H23N3O2. The first kappa shape index (κ1) is 15.7. The van der Waals surface area contributed by atoms with Crippen molar-refractivity contribution in [1.29, 1.82) is 0 Å². The first-order valence-electron chi connectivity index (χ1n) is 8.40. The SMILES string of the molecule is CC(C)n1nc(C(=O)N2CCCCCC2)c2ccccc2c1=O. The molecule has 23 heavy (non-hydrogen) atoms. The summed E-state index contributed by atoms with van der Waals surface area (Å²) in [5.41, 5.74) is 0.263. The first-order chi connectivity index (χ1) is 11.1. The van der Waals surface area contributed by atoms with Gasteiger partial charge in [-0.05, 0) is 32.8 Å². The molecule has 1 aromatic carbocycles. The minimum Gasteiger partial charge on any atom is -0.337 e. The monoisotopic (exact) mass is 313 g/mol. The zero-order valence-electron chi connectivity index (χ0n) is 13.8. The molecule has 0 spiro atoms. The molecule has 0 radical (unpaired) electrons. The van der Waals surface area contributed by atoms with Gasteiger partial charge in [0.15, 0.2) is 5.69 Å². The summed E-state index contributed by atoms with van der Waals surface area (Å²) in [6, 6.07) is 7.19. The standard InChI is InChI=1S/C18H23N3O2/c1-13(2)21-17(22)15-10-6-5-9-14(15)16(19-21)18(23)20-11-7-3-4-8-12-20/h5-6,9-10,13H,3-4,7-8,11-12H2,1-2H3. The molecule has 3 rings (SSSR count). The average molecular weight is 313 g/mol. The van der Waals surface area contributed by atoms with Gasteiger partial charge in [0.2, 0.25) is 0 Å². The van der Waals surface area contributed by atoms with E-state index in [1.807, 2.05) is 36.9 Å². The molecule has 0 saturated carbocycles. The average Bonchev–Trinajstić information content (AvgIpc) is 2.84. The molecule has 0 N–H and O–H groups in total. The third-order valence-electron chi connectivity index (χ3n) is 4.41. The van der Waals surface area contributed by atoms with Gasteiger partial charge in [0.05, 0.1) is 11.4 Å². The Kier molecular flexibility index (Phi) is 4.46. The Labute approximate surface area is 135 Å². The van der Waals surface area contributed by atoms with Crippen molar-refractivity contribution in [2.45, 2.75) is 45.6 Å². The predicted molar refractivity (Wildman–Crippen MR) is 90.8 cm³/mol. The molecule has 0 aliphatic carbocycles. The van der Waals surface area contributed by atoms with E-state index in [9.17, 15) is 9.59 Å². The summed E-state index contributed by atoms with van der Waals surface area (Å²) < 4.78 is 1.42. The van der Waals surface area contributed by atoms with E-state index < -0.39 is 0 Å². The highest BCUT2D eigenvalue weighted by molar-refractivity contribution is 6.04. The van der Waals surface area contributed by atoms with Crippen LogP contribution in [-0.2, 0) is 0 Å². The Morgan fingerprint density at radius 2 is 1.65 bits per heavy atom. The van der Waals surface area contributed by atoms with E-state index in [4.69, 9.17) is 0 Å². The van der Waals surface area contributed by atoms with Crippen molar-refractivity contribution >= 4 is 16.7 Å². The number of carbonyl (C=O) groups excluding carboxylic acids is 1. The summed E-state index contributed by atoms with van der Waals surface area (Å²) in [5, 5.41) is 5.64. The van der Waals surface area contributed by atoms with Gasteiger partial charge in [-0.25, -0.2) is 4.68 Å². The van der Waals surface area contributed by atoms with Gasteiger partial charge < -0.3 is 4.90 Å².